The van der Waals surface area contributed by atoms with Gasteiger partial charge in [-0.05, 0) is 55.2 Å². The van der Waals surface area contributed by atoms with E-state index in [9.17, 15) is 0 Å². The monoisotopic (exact) mass is 277 g/mol. The van der Waals surface area contributed by atoms with E-state index in [1.54, 1.807) is 0 Å². The highest BCUT2D eigenvalue weighted by atomic mass is 14.1. The molecule has 5 aromatic rings. The zero-order chi connectivity index (χ0) is 14.5. The van der Waals surface area contributed by atoms with Crippen LogP contribution in [0.4, 0.5) is 0 Å². The van der Waals surface area contributed by atoms with Crippen molar-refractivity contribution in [2.75, 3.05) is 0 Å². The van der Waals surface area contributed by atoms with Gasteiger partial charge in [-0.1, -0.05) is 72.8 Å². The van der Waals surface area contributed by atoms with Crippen molar-refractivity contribution < 1.29 is 0 Å². The van der Waals surface area contributed by atoms with Crippen molar-refractivity contribution in [1.29, 1.82) is 0 Å². The highest BCUT2D eigenvalue weighted by Gasteiger charge is 2.10. The Bertz CT molecular complexity index is 1120. The van der Waals surface area contributed by atoms with E-state index in [0.29, 0.717) is 0 Å². The Labute approximate surface area is 128 Å². The third-order valence-electron chi connectivity index (χ3n) is 4.54. The van der Waals surface area contributed by atoms with Crippen molar-refractivity contribution >= 4 is 43.1 Å². The topological polar surface area (TPSA) is 0 Å². The fourth-order valence-electron chi connectivity index (χ4n) is 3.57. The number of fused-ring (bicyclic) bond motifs is 8. The Morgan fingerprint density at radius 1 is 0.500 bits per heavy atom. The van der Waals surface area contributed by atoms with Crippen LogP contribution in [-0.4, -0.2) is 0 Å². The standard InChI is InChI=1S/C22H13/c1-2-8-16-15(7-1)13-14-21-19-11-4-3-9-17(19)18-10-5-6-12-20(18)22(16)21/h1-13H. The highest BCUT2D eigenvalue weighted by Crippen LogP contribution is 2.38. The molecule has 0 saturated heterocycles. The molecule has 5 aromatic carbocycles. The number of hydrogen-bond acceptors (Lipinski definition) is 0. The minimum absolute atomic E-state index is 1.22. The molecule has 0 unspecified atom stereocenters. The summed E-state index contributed by atoms with van der Waals surface area (Å²) in [7, 11) is 0. The van der Waals surface area contributed by atoms with Crippen molar-refractivity contribution in [2.24, 2.45) is 0 Å². The second-order valence-electron chi connectivity index (χ2n) is 5.72. The predicted molar refractivity (Wildman–Crippen MR) is 95.3 cm³/mol. The fraction of sp³-hybridized carbons (Fsp3) is 0. The molecule has 0 heteroatoms. The van der Waals surface area contributed by atoms with Gasteiger partial charge >= 0.3 is 0 Å². The number of hydrogen-bond donors (Lipinski definition) is 0. The van der Waals surface area contributed by atoms with Gasteiger partial charge in [-0.15, -0.1) is 0 Å². The average Bonchev–Trinajstić information content (AvgIpc) is 2.61. The van der Waals surface area contributed by atoms with Crippen LogP contribution in [0, 0.1) is 6.07 Å². The van der Waals surface area contributed by atoms with Crippen molar-refractivity contribution in [3.05, 3.63) is 84.9 Å². The van der Waals surface area contributed by atoms with Gasteiger partial charge in [0.2, 0.25) is 0 Å². The van der Waals surface area contributed by atoms with E-state index in [0.717, 1.165) is 0 Å². The maximum atomic E-state index is 3.53. The van der Waals surface area contributed by atoms with Crippen LogP contribution in [0.5, 0.6) is 0 Å². The molecule has 0 heterocycles. The molecule has 0 fully saturated rings. The number of rotatable bonds is 0. The molecule has 0 saturated carbocycles. The summed E-state index contributed by atoms with van der Waals surface area (Å²) < 4.78 is 0. The molecule has 0 spiro atoms. The Kier molecular flexibility index (Phi) is 2.31. The Morgan fingerprint density at radius 3 is 1.82 bits per heavy atom. The summed E-state index contributed by atoms with van der Waals surface area (Å²) in [6, 6.07) is 31.5. The molecular formula is C22H13. The SMILES string of the molecule is [c]1cc2ccccc2c2c1c1ccccc1c1ccccc12. The fourth-order valence-corrected chi connectivity index (χ4v) is 3.57. The van der Waals surface area contributed by atoms with Crippen molar-refractivity contribution in [2.45, 2.75) is 0 Å². The molecule has 0 aliphatic carbocycles. The summed E-state index contributed by atoms with van der Waals surface area (Å²) >= 11 is 0. The van der Waals surface area contributed by atoms with Gasteiger partial charge in [0, 0.05) is 0 Å². The van der Waals surface area contributed by atoms with Gasteiger partial charge < -0.3 is 0 Å². The molecule has 0 bridgehead atoms. The normalized spacial score (nSPS) is 11.6. The first-order valence-corrected chi connectivity index (χ1v) is 7.56. The van der Waals surface area contributed by atoms with Crippen LogP contribution in [0.3, 0.4) is 0 Å². The lowest BCUT2D eigenvalue weighted by molar-refractivity contribution is 1.77. The minimum atomic E-state index is 1.22. The van der Waals surface area contributed by atoms with E-state index in [4.69, 9.17) is 0 Å². The molecule has 101 valence electrons. The molecule has 5 rings (SSSR count). The summed E-state index contributed by atoms with van der Waals surface area (Å²) in [5, 5.41) is 10.3. The third-order valence-corrected chi connectivity index (χ3v) is 4.54. The third kappa shape index (κ3) is 1.47. The molecule has 22 heavy (non-hydrogen) atoms. The Balaban J connectivity index is 2.24. The van der Waals surface area contributed by atoms with Gasteiger partial charge in [0.1, 0.15) is 0 Å². The summed E-state index contributed by atoms with van der Waals surface area (Å²) in [6.07, 6.45) is 0. The smallest absolute Gasteiger partial charge is 0.00137 e. The lowest BCUT2D eigenvalue weighted by Gasteiger charge is -2.12. The van der Waals surface area contributed by atoms with E-state index >= 15 is 0 Å². The molecule has 0 amide bonds. The van der Waals surface area contributed by atoms with Crippen molar-refractivity contribution in [3.8, 4) is 0 Å². The quantitative estimate of drug-likeness (QED) is 0.300. The lowest BCUT2D eigenvalue weighted by Crippen LogP contribution is -1.84. The van der Waals surface area contributed by atoms with E-state index < -0.39 is 0 Å². The van der Waals surface area contributed by atoms with Gasteiger partial charge in [-0.3, -0.25) is 0 Å². The van der Waals surface area contributed by atoms with Crippen LogP contribution in [-0.2, 0) is 0 Å². The van der Waals surface area contributed by atoms with Gasteiger partial charge in [-0.25, -0.2) is 0 Å². The molecule has 0 aliphatic heterocycles. The van der Waals surface area contributed by atoms with Gasteiger partial charge in [0.05, 0.1) is 0 Å². The predicted octanol–water partition coefficient (Wildman–Crippen LogP) is 6.10. The van der Waals surface area contributed by atoms with Crippen LogP contribution >= 0.6 is 0 Å². The summed E-state index contributed by atoms with van der Waals surface area (Å²) in [5.41, 5.74) is 0. The molecule has 0 N–H and O–H groups in total. The van der Waals surface area contributed by atoms with Crippen molar-refractivity contribution in [3.63, 3.8) is 0 Å². The second-order valence-corrected chi connectivity index (χ2v) is 5.72. The Hall–Kier alpha value is -2.86. The Morgan fingerprint density at radius 2 is 1.05 bits per heavy atom. The maximum Gasteiger partial charge on any atom is -0.00137 e. The van der Waals surface area contributed by atoms with Crippen LogP contribution in [0.1, 0.15) is 0 Å². The number of benzene rings is 5. The lowest BCUT2D eigenvalue weighted by atomic mass is 9.91. The van der Waals surface area contributed by atoms with E-state index in [1.807, 2.05) is 0 Å². The second kappa shape index (κ2) is 4.32. The molecule has 0 aliphatic rings. The largest absolute Gasteiger partial charge is 0.0616 e. The molecule has 0 atom stereocenters. The molecule has 0 nitrogen and oxygen atoms in total. The van der Waals surface area contributed by atoms with Gasteiger partial charge in [-0.2, -0.15) is 0 Å². The highest BCUT2D eigenvalue weighted by molar-refractivity contribution is 6.31. The van der Waals surface area contributed by atoms with E-state index in [-0.39, 0.29) is 0 Å². The van der Waals surface area contributed by atoms with Crippen LogP contribution < -0.4 is 0 Å². The maximum absolute atomic E-state index is 3.53. The first kappa shape index (κ1) is 11.8. The van der Waals surface area contributed by atoms with E-state index in [1.165, 1.54) is 43.1 Å². The van der Waals surface area contributed by atoms with E-state index in [2.05, 4.69) is 84.9 Å². The molecule has 0 aromatic heterocycles. The first-order chi connectivity index (χ1) is 10.9. The zero-order valence-electron chi connectivity index (χ0n) is 12.0. The first-order valence-electron chi connectivity index (χ1n) is 7.56. The van der Waals surface area contributed by atoms with Crippen molar-refractivity contribution in [1.82, 2.24) is 0 Å². The average molecular weight is 277 g/mol. The summed E-state index contributed by atoms with van der Waals surface area (Å²) in [4.78, 5) is 0. The molecule has 1 radical (unpaired) electrons. The van der Waals surface area contributed by atoms with Crippen LogP contribution in [0.25, 0.3) is 43.1 Å². The summed E-state index contributed by atoms with van der Waals surface area (Å²) in [5.74, 6) is 0. The van der Waals surface area contributed by atoms with Gasteiger partial charge in [0.15, 0.2) is 0 Å². The minimum Gasteiger partial charge on any atom is -0.0616 e. The summed E-state index contributed by atoms with van der Waals surface area (Å²) in [6.45, 7) is 0. The van der Waals surface area contributed by atoms with Crippen LogP contribution in [0.2, 0.25) is 0 Å². The van der Waals surface area contributed by atoms with Gasteiger partial charge in [0.25, 0.3) is 0 Å². The zero-order valence-corrected chi connectivity index (χ0v) is 12.0. The molecular weight excluding hydrogens is 264 g/mol. The van der Waals surface area contributed by atoms with Crippen LogP contribution in [0.15, 0.2) is 78.9 Å².